The Bertz CT molecular complexity index is 1020. The Kier molecular flexibility index (Phi) is 5.77. The summed E-state index contributed by atoms with van der Waals surface area (Å²) in [6.07, 6.45) is 5.39. The van der Waals surface area contributed by atoms with Crippen LogP contribution < -0.4 is 9.64 Å². The number of hydrogen-bond donors (Lipinski definition) is 0. The van der Waals surface area contributed by atoms with E-state index < -0.39 is 10.0 Å². The molecule has 0 atom stereocenters. The molecule has 0 radical (unpaired) electrons. The molecule has 9 heteroatoms. The first-order chi connectivity index (χ1) is 14.1. The average Bonchev–Trinajstić information content (AvgIpc) is 3.30. The van der Waals surface area contributed by atoms with E-state index in [4.69, 9.17) is 4.74 Å². The summed E-state index contributed by atoms with van der Waals surface area (Å²) in [6, 6.07) is 15.0. The molecule has 0 bridgehead atoms. The summed E-state index contributed by atoms with van der Waals surface area (Å²) in [5.74, 6) is 2.23. The highest BCUT2D eigenvalue weighted by Crippen LogP contribution is 2.18. The summed E-state index contributed by atoms with van der Waals surface area (Å²) < 4.78 is 34.2. The van der Waals surface area contributed by atoms with Crippen LogP contribution in [0.25, 0.3) is 5.82 Å². The lowest BCUT2D eigenvalue weighted by atomic mass is 10.3. The van der Waals surface area contributed by atoms with Gasteiger partial charge >= 0.3 is 0 Å². The fraction of sp³-hybridized carbons (Fsp3) is 0.300. The third-order valence-electron chi connectivity index (χ3n) is 4.82. The average molecular weight is 414 g/mol. The molecule has 3 heterocycles. The first kappa shape index (κ1) is 19.4. The van der Waals surface area contributed by atoms with Crippen LogP contribution in [0.15, 0.2) is 67.3 Å². The van der Waals surface area contributed by atoms with Crippen LogP contribution >= 0.6 is 0 Å². The van der Waals surface area contributed by atoms with Crippen molar-refractivity contribution in [2.75, 3.05) is 43.4 Å². The van der Waals surface area contributed by atoms with Crippen LogP contribution in [-0.4, -0.2) is 65.8 Å². The van der Waals surface area contributed by atoms with Crippen molar-refractivity contribution < 1.29 is 13.2 Å². The molecule has 0 amide bonds. The SMILES string of the molecule is O=S(=O)(CCOc1ccccc1)N1CCN(c2cc(-n3cccc3)ncn2)CC1. The minimum atomic E-state index is -3.36. The van der Waals surface area contributed by atoms with Gasteiger partial charge in [-0.1, -0.05) is 18.2 Å². The van der Waals surface area contributed by atoms with Gasteiger partial charge in [0.2, 0.25) is 10.0 Å². The molecule has 4 rings (SSSR count). The second-order valence-electron chi connectivity index (χ2n) is 6.69. The van der Waals surface area contributed by atoms with E-state index in [1.807, 2.05) is 65.5 Å². The number of rotatable bonds is 7. The maximum absolute atomic E-state index is 12.6. The van der Waals surface area contributed by atoms with Gasteiger partial charge in [0, 0.05) is 44.6 Å². The molecule has 1 aliphatic rings. The van der Waals surface area contributed by atoms with E-state index in [0.29, 0.717) is 31.9 Å². The quantitative estimate of drug-likeness (QED) is 0.588. The van der Waals surface area contributed by atoms with Crippen molar-refractivity contribution >= 4 is 15.8 Å². The molecule has 0 saturated carbocycles. The van der Waals surface area contributed by atoms with Gasteiger partial charge in [0.15, 0.2) is 0 Å². The normalized spacial score (nSPS) is 15.4. The molecule has 0 aliphatic carbocycles. The number of anilines is 1. The molecule has 152 valence electrons. The maximum Gasteiger partial charge on any atom is 0.217 e. The highest BCUT2D eigenvalue weighted by molar-refractivity contribution is 7.89. The Morgan fingerprint density at radius 2 is 1.59 bits per heavy atom. The number of aromatic nitrogens is 3. The van der Waals surface area contributed by atoms with E-state index in [2.05, 4.69) is 14.9 Å². The summed E-state index contributed by atoms with van der Waals surface area (Å²) in [7, 11) is -3.36. The lowest BCUT2D eigenvalue weighted by molar-refractivity contribution is 0.331. The highest BCUT2D eigenvalue weighted by atomic mass is 32.2. The predicted octanol–water partition coefficient (Wildman–Crippen LogP) is 1.80. The molecule has 0 N–H and O–H groups in total. The summed E-state index contributed by atoms with van der Waals surface area (Å²) in [6.45, 7) is 2.16. The molecule has 0 unspecified atom stereocenters. The number of para-hydroxylation sites is 1. The highest BCUT2D eigenvalue weighted by Gasteiger charge is 2.27. The predicted molar refractivity (Wildman–Crippen MR) is 111 cm³/mol. The largest absolute Gasteiger partial charge is 0.492 e. The van der Waals surface area contributed by atoms with Crippen LogP contribution in [-0.2, 0) is 10.0 Å². The van der Waals surface area contributed by atoms with Crippen LogP contribution in [0.1, 0.15) is 0 Å². The third-order valence-corrected chi connectivity index (χ3v) is 6.65. The van der Waals surface area contributed by atoms with Crippen LogP contribution in [0.5, 0.6) is 5.75 Å². The van der Waals surface area contributed by atoms with Gasteiger partial charge in [-0.3, -0.25) is 0 Å². The third kappa shape index (κ3) is 4.75. The number of ether oxygens (including phenoxy) is 1. The molecule has 1 fully saturated rings. The molecular weight excluding hydrogens is 390 g/mol. The molecule has 1 aliphatic heterocycles. The van der Waals surface area contributed by atoms with Crippen LogP contribution in [0.3, 0.4) is 0 Å². The number of benzene rings is 1. The van der Waals surface area contributed by atoms with Crippen molar-refractivity contribution in [3.05, 3.63) is 67.3 Å². The van der Waals surface area contributed by atoms with Gasteiger partial charge in [0.05, 0.1) is 5.75 Å². The van der Waals surface area contributed by atoms with E-state index >= 15 is 0 Å². The van der Waals surface area contributed by atoms with E-state index in [1.165, 1.54) is 10.6 Å². The first-order valence-corrected chi connectivity index (χ1v) is 11.1. The van der Waals surface area contributed by atoms with E-state index in [0.717, 1.165) is 11.6 Å². The van der Waals surface area contributed by atoms with Gasteiger partial charge < -0.3 is 14.2 Å². The van der Waals surface area contributed by atoms with Gasteiger partial charge in [0.25, 0.3) is 0 Å². The lowest BCUT2D eigenvalue weighted by Gasteiger charge is -2.34. The van der Waals surface area contributed by atoms with Crippen molar-refractivity contribution in [2.24, 2.45) is 0 Å². The van der Waals surface area contributed by atoms with E-state index in [-0.39, 0.29) is 12.4 Å². The first-order valence-electron chi connectivity index (χ1n) is 9.48. The molecule has 3 aromatic rings. The van der Waals surface area contributed by atoms with Crippen LogP contribution in [0.4, 0.5) is 5.82 Å². The fourth-order valence-electron chi connectivity index (χ4n) is 3.24. The van der Waals surface area contributed by atoms with E-state index in [1.54, 1.807) is 0 Å². The summed E-state index contributed by atoms with van der Waals surface area (Å²) in [4.78, 5) is 10.7. The smallest absolute Gasteiger partial charge is 0.217 e. The second kappa shape index (κ2) is 8.62. The molecule has 29 heavy (non-hydrogen) atoms. The topological polar surface area (TPSA) is 80.6 Å². The molecule has 8 nitrogen and oxygen atoms in total. The minimum absolute atomic E-state index is 0.0345. The number of hydrogen-bond acceptors (Lipinski definition) is 6. The van der Waals surface area contributed by atoms with Gasteiger partial charge in [-0.05, 0) is 24.3 Å². The van der Waals surface area contributed by atoms with Gasteiger partial charge in [0.1, 0.15) is 30.3 Å². The van der Waals surface area contributed by atoms with Crippen LogP contribution in [0.2, 0.25) is 0 Å². The number of sulfonamides is 1. The summed E-state index contributed by atoms with van der Waals surface area (Å²) in [5.41, 5.74) is 0. The van der Waals surface area contributed by atoms with Crippen molar-refractivity contribution in [3.63, 3.8) is 0 Å². The van der Waals surface area contributed by atoms with Crippen LogP contribution in [0, 0.1) is 0 Å². The van der Waals surface area contributed by atoms with Crippen molar-refractivity contribution in [1.29, 1.82) is 0 Å². The zero-order chi connectivity index (χ0) is 20.1. The number of nitrogens with zero attached hydrogens (tertiary/aromatic N) is 5. The Labute approximate surface area is 170 Å². The molecular formula is C20H23N5O3S. The van der Waals surface area contributed by atoms with Gasteiger partial charge in [-0.25, -0.2) is 18.4 Å². The lowest BCUT2D eigenvalue weighted by Crippen LogP contribution is -2.50. The maximum atomic E-state index is 12.6. The standard InChI is InChI=1S/C20H23N5O3S/c26-29(27,15-14-28-18-6-2-1-3-7-18)25-12-10-24(11-13-25)20-16-19(21-17-22-20)23-8-4-5-9-23/h1-9,16-17H,10-15H2. The van der Waals surface area contributed by atoms with Crippen molar-refractivity contribution in [2.45, 2.75) is 0 Å². The Balaban J connectivity index is 1.32. The van der Waals surface area contributed by atoms with Gasteiger partial charge in [-0.15, -0.1) is 0 Å². The molecule has 1 saturated heterocycles. The van der Waals surface area contributed by atoms with Crippen molar-refractivity contribution in [3.8, 4) is 11.6 Å². The zero-order valence-corrected chi connectivity index (χ0v) is 16.8. The Morgan fingerprint density at radius 1 is 0.897 bits per heavy atom. The van der Waals surface area contributed by atoms with E-state index in [9.17, 15) is 8.42 Å². The molecule has 0 spiro atoms. The van der Waals surface area contributed by atoms with Gasteiger partial charge in [-0.2, -0.15) is 4.31 Å². The second-order valence-corrected chi connectivity index (χ2v) is 8.78. The molecule has 2 aromatic heterocycles. The van der Waals surface area contributed by atoms with Crippen molar-refractivity contribution in [1.82, 2.24) is 18.8 Å². The monoisotopic (exact) mass is 413 g/mol. The fourth-order valence-corrected chi connectivity index (χ4v) is 4.52. The Morgan fingerprint density at radius 3 is 2.31 bits per heavy atom. The zero-order valence-electron chi connectivity index (χ0n) is 16.0. The minimum Gasteiger partial charge on any atom is -0.492 e. The Hall–Kier alpha value is -2.91. The summed E-state index contributed by atoms with van der Waals surface area (Å²) in [5, 5.41) is 0. The number of piperazine rings is 1. The summed E-state index contributed by atoms with van der Waals surface area (Å²) >= 11 is 0. The molecule has 1 aromatic carbocycles.